The predicted octanol–water partition coefficient (Wildman–Crippen LogP) is 3.79. The maximum Gasteiger partial charge on any atom is 0.248 e. The van der Waals surface area contributed by atoms with E-state index in [2.05, 4.69) is 10.5 Å². The van der Waals surface area contributed by atoms with Crippen LogP contribution in [0.5, 0.6) is 5.75 Å². The van der Waals surface area contributed by atoms with Crippen molar-refractivity contribution in [2.45, 2.75) is 24.7 Å². The number of hydrogen-bond acceptors (Lipinski definition) is 7. The minimum Gasteiger partial charge on any atom is -0.497 e. The van der Waals surface area contributed by atoms with Crippen molar-refractivity contribution in [1.82, 2.24) is 9.46 Å². The number of aromatic nitrogens is 1. The molecule has 1 saturated heterocycles. The van der Waals surface area contributed by atoms with E-state index in [0.717, 1.165) is 0 Å². The summed E-state index contributed by atoms with van der Waals surface area (Å²) in [4.78, 5) is 12.8. The number of benzene rings is 1. The fourth-order valence-electron chi connectivity index (χ4n) is 3.77. The van der Waals surface area contributed by atoms with Crippen molar-refractivity contribution in [3.63, 3.8) is 0 Å². The van der Waals surface area contributed by atoms with Gasteiger partial charge in [-0.2, -0.15) is 4.31 Å². The molecule has 1 atom stereocenters. The molecule has 1 N–H and O–H groups in total. The highest BCUT2D eigenvalue weighted by molar-refractivity contribution is 7.89. The Morgan fingerprint density at radius 3 is 2.73 bits per heavy atom. The van der Waals surface area contributed by atoms with Crippen LogP contribution < -0.4 is 10.1 Å². The van der Waals surface area contributed by atoms with Crippen molar-refractivity contribution in [3.8, 4) is 5.75 Å². The maximum atomic E-state index is 13.5. The number of rotatable bonds is 7. The molecule has 0 spiro atoms. The van der Waals surface area contributed by atoms with Crippen molar-refractivity contribution in [2.24, 2.45) is 5.92 Å². The minimum atomic E-state index is -3.92. The van der Waals surface area contributed by atoms with E-state index in [1.807, 2.05) is 0 Å². The van der Waals surface area contributed by atoms with Gasteiger partial charge in [-0.3, -0.25) is 4.79 Å². The average molecular weight is 472 g/mol. The second kappa shape index (κ2) is 9.63. The van der Waals surface area contributed by atoms with Gasteiger partial charge in [-0.25, -0.2) is 8.42 Å². The summed E-state index contributed by atoms with van der Waals surface area (Å²) in [6.07, 6.45) is 5.82. The highest BCUT2D eigenvalue weighted by Gasteiger charge is 2.37. The van der Waals surface area contributed by atoms with Gasteiger partial charge in [0.15, 0.2) is 10.7 Å². The summed E-state index contributed by atoms with van der Waals surface area (Å²) in [5.41, 5.74) is 0.889. The van der Waals surface area contributed by atoms with Crippen molar-refractivity contribution in [3.05, 3.63) is 59.9 Å². The maximum absolute atomic E-state index is 13.5. The molecule has 1 aliphatic rings. The Hall–Kier alpha value is -3.37. The number of amides is 1. The first-order chi connectivity index (χ1) is 15.9. The number of carbonyl (C=O) groups excluding carboxylic acids is 1. The molecule has 0 radical (unpaired) electrons. The van der Waals surface area contributed by atoms with Gasteiger partial charge in [0.05, 0.1) is 19.3 Å². The molecule has 1 aromatic carbocycles. The molecule has 1 fully saturated rings. The standard InChI is InChI=1S/C23H25N3O6S/c1-16-22(21(32-25-16)12-11-20-6-4-14-31-20)33(28,29)26-13-3-5-17(15-26)23(27)24-18-7-9-19(30-2)10-8-18/h4,6-12,14,17H,3,5,13,15H2,1-2H3,(H,24,27)/b12-11+/t17-/m0/s1. The van der Waals surface area contributed by atoms with Crippen LogP contribution in [0.4, 0.5) is 5.69 Å². The number of methoxy groups -OCH3 is 1. The molecule has 3 heterocycles. The number of carbonyl (C=O) groups is 1. The molecule has 33 heavy (non-hydrogen) atoms. The van der Waals surface area contributed by atoms with Gasteiger partial charge in [0.2, 0.25) is 15.9 Å². The number of anilines is 1. The average Bonchev–Trinajstić information content (AvgIpc) is 3.48. The molecule has 2 aromatic heterocycles. The second-order valence-corrected chi connectivity index (χ2v) is 9.60. The lowest BCUT2D eigenvalue weighted by atomic mass is 9.99. The third kappa shape index (κ3) is 5.01. The summed E-state index contributed by atoms with van der Waals surface area (Å²) in [7, 11) is -2.35. The molecule has 10 heteroatoms. The first kappa shape index (κ1) is 22.8. The van der Waals surface area contributed by atoms with Gasteiger partial charge in [-0.05, 0) is 68.3 Å². The molecule has 0 bridgehead atoms. The van der Waals surface area contributed by atoms with E-state index < -0.39 is 15.9 Å². The van der Waals surface area contributed by atoms with Gasteiger partial charge in [0.1, 0.15) is 17.2 Å². The predicted molar refractivity (Wildman–Crippen MR) is 122 cm³/mol. The molecule has 0 saturated carbocycles. The van der Waals surface area contributed by atoms with Crippen molar-refractivity contribution in [1.29, 1.82) is 0 Å². The van der Waals surface area contributed by atoms with Crippen LogP contribution in [-0.2, 0) is 14.8 Å². The molecule has 1 aliphatic heterocycles. The topological polar surface area (TPSA) is 115 Å². The Morgan fingerprint density at radius 1 is 1.24 bits per heavy atom. The van der Waals surface area contributed by atoms with Gasteiger partial charge < -0.3 is 19.0 Å². The van der Waals surface area contributed by atoms with Crippen molar-refractivity contribution in [2.75, 3.05) is 25.5 Å². The largest absolute Gasteiger partial charge is 0.497 e. The lowest BCUT2D eigenvalue weighted by Crippen LogP contribution is -2.43. The fraction of sp³-hybridized carbons (Fsp3) is 0.304. The Kier molecular flexibility index (Phi) is 6.66. The van der Waals surface area contributed by atoms with Crippen molar-refractivity contribution < 1.29 is 26.9 Å². The van der Waals surface area contributed by atoms with E-state index in [-0.39, 0.29) is 28.8 Å². The molecule has 0 aliphatic carbocycles. The smallest absolute Gasteiger partial charge is 0.248 e. The van der Waals surface area contributed by atoms with Crippen LogP contribution in [-0.4, -0.2) is 44.0 Å². The molecule has 174 valence electrons. The van der Waals surface area contributed by atoms with Crippen LogP contribution in [0.2, 0.25) is 0 Å². The summed E-state index contributed by atoms with van der Waals surface area (Å²) in [5.74, 6) is 0.663. The Balaban J connectivity index is 1.50. The Morgan fingerprint density at radius 2 is 2.03 bits per heavy atom. The number of piperidine rings is 1. The van der Waals surface area contributed by atoms with Crippen LogP contribution in [0.3, 0.4) is 0 Å². The molecule has 4 rings (SSSR count). The molecule has 0 unspecified atom stereocenters. The summed E-state index contributed by atoms with van der Waals surface area (Å²) in [6.45, 7) is 1.98. The zero-order chi connectivity index (χ0) is 23.4. The quantitative estimate of drug-likeness (QED) is 0.557. The highest BCUT2D eigenvalue weighted by Crippen LogP contribution is 2.30. The van der Waals surface area contributed by atoms with E-state index in [4.69, 9.17) is 13.7 Å². The lowest BCUT2D eigenvalue weighted by molar-refractivity contribution is -0.120. The molecule has 1 amide bonds. The summed E-state index contributed by atoms with van der Waals surface area (Å²) in [5, 5.41) is 6.71. The van der Waals surface area contributed by atoms with Crippen LogP contribution in [0.15, 0.2) is 56.5 Å². The molecule has 3 aromatic rings. The van der Waals surface area contributed by atoms with Gasteiger partial charge in [0.25, 0.3) is 0 Å². The van der Waals surface area contributed by atoms with Crippen molar-refractivity contribution >= 4 is 33.8 Å². The highest BCUT2D eigenvalue weighted by atomic mass is 32.2. The number of nitrogens with one attached hydrogen (secondary N) is 1. The number of aryl methyl sites for hydroxylation is 1. The SMILES string of the molecule is COc1ccc(NC(=O)[C@H]2CCCN(S(=O)(=O)c3c(C)noc3/C=C/c3ccco3)C2)cc1. The van der Waals surface area contributed by atoms with Gasteiger partial charge in [-0.1, -0.05) is 5.16 Å². The van der Waals surface area contributed by atoms with E-state index in [0.29, 0.717) is 36.6 Å². The van der Waals surface area contributed by atoms with Crippen LogP contribution in [0.25, 0.3) is 12.2 Å². The third-order valence-corrected chi connectivity index (χ3v) is 7.51. The number of nitrogens with zero attached hydrogens (tertiary/aromatic N) is 2. The minimum absolute atomic E-state index is 0.00141. The lowest BCUT2D eigenvalue weighted by Gasteiger charge is -2.31. The zero-order valence-corrected chi connectivity index (χ0v) is 19.2. The molecular formula is C23H25N3O6S. The summed E-state index contributed by atoms with van der Waals surface area (Å²) < 4.78 is 43.9. The second-order valence-electron chi connectivity index (χ2n) is 7.73. The molecular weight excluding hydrogens is 446 g/mol. The Labute approximate surface area is 192 Å². The fourth-order valence-corrected chi connectivity index (χ4v) is 5.54. The van der Waals surface area contributed by atoms with Crippen LogP contribution >= 0.6 is 0 Å². The summed E-state index contributed by atoms with van der Waals surface area (Å²) >= 11 is 0. The van der Waals surface area contributed by atoms with Gasteiger partial charge in [-0.15, -0.1) is 0 Å². The molecule has 9 nitrogen and oxygen atoms in total. The monoisotopic (exact) mass is 471 g/mol. The van der Waals surface area contributed by atoms with E-state index >= 15 is 0 Å². The van der Waals surface area contributed by atoms with Crippen LogP contribution in [0.1, 0.15) is 30.1 Å². The number of hydrogen-bond donors (Lipinski definition) is 1. The van der Waals surface area contributed by atoms with Gasteiger partial charge in [0, 0.05) is 18.8 Å². The van der Waals surface area contributed by atoms with E-state index in [1.54, 1.807) is 56.5 Å². The first-order valence-electron chi connectivity index (χ1n) is 10.5. The zero-order valence-electron chi connectivity index (χ0n) is 18.4. The summed E-state index contributed by atoms with van der Waals surface area (Å²) in [6, 6.07) is 10.5. The van der Waals surface area contributed by atoms with E-state index in [1.165, 1.54) is 16.6 Å². The number of sulfonamides is 1. The van der Waals surface area contributed by atoms with Gasteiger partial charge >= 0.3 is 0 Å². The normalized spacial score (nSPS) is 17.3. The number of furan rings is 1. The number of ether oxygens (including phenoxy) is 1. The third-order valence-electron chi connectivity index (χ3n) is 5.49. The first-order valence-corrected chi connectivity index (χ1v) is 12.0. The van der Waals surface area contributed by atoms with E-state index in [9.17, 15) is 13.2 Å². The Bertz CT molecular complexity index is 1230. The van der Waals surface area contributed by atoms with Crippen LogP contribution in [0, 0.1) is 12.8 Å².